The Bertz CT molecular complexity index is 1290. The van der Waals surface area contributed by atoms with E-state index in [1.165, 1.54) is 0 Å². The second kappa shape index (κ2) is 11.8. The number of aromatic nitrogens is 1. The van der Waals surface area contributed by atoms with Crippen LogP contribution in [0.2, 0.25) is 0 Å². The van der Waals surface area contributed by atoms with Crippen LogP contribution in [-0.4, -0.2) is 55.6 Å². The second-order valence-electron chi connectivity index (χ2n) is 10.7. The highest BCUT2D eigenvalue weighted by Gasteiger charge is 2.23. The highest BCUT2D eigenvalue weighted by atomic mass is 16.1. The van der Waals surface area contributed by atoms with Crippen molar-refractivity contribution >= 4 is 11.6 Å². The van der Waals surface area contributed by atoms with E-state index in [9.17, 15) is 4.79 Å². The van der Waals surface area contributed by atoms with Crippen LogP contribution in [0.15, 0.2) is 78.2 Å². The molecule has 0 saturated heterocycles. The van der Waals surface area contributed by atoms with Crippen molar-refractivity contribution in [1.29, 1.82) is 0 Å². The van der Waals surface area contributed by atoms with E-state index < -0.39 is 0 Å². The second-order valence-corrected chi connectivity index (χ2v) is 10.7. The van der Waals surface area contributed by atoms with Crippen molar-refractivity contribution in [1.82, 2.24) is 20.5 Å². The minimum absolute atomic E-state index is 0.00957. The first kappa shape index (κ1) is 27.4. The number of hydrogen-bond acceptors (Lipinski definition) is 5. The quantitative estimate of drug-likeness (QED) is 0.443. The molecule has 200 valence electrons. The number of pyridine rings is 1. The van der Waals surface area contributed by atoms with Gasteiger partial charge in [0.25, 0.3) is 5.91 Å². The van der Waals surface area contributed by atoms with E-state index >= 15 is 0 Å². The predicted octanol–water partition coefficient (Wildman–Crippen LogP) is 5.38. The van der Waals surface area contributed by atoms with Crippen molar-refractivity contribution in [2.24, 2.45) is 0 Å². The summed E-state index contributed by atoms with van der Waals surface area (Å²) >= 11 is 0. The van der Waals surface area contributed by atoms with Gasteiger partial charge in [-0.2, -0.15) is 0 Å². The first-order valence-electron chi connectivity index (χ1n) is 13.4. The molecule has 0 saturated carbocycles. The van der Waals surface area contributed by atoms with E-state index in [2.05, 4.69) is 82.4 Å². The molecular formula is C32H41N5O. The summed E-state index contributed by atoms with van der Waals surface area (Å²) in [6.45, 7) is 11.4. The fourth-order valence-corrected chi connectivity index (χ4v) is 5.36. The maximum absolute atomic E-state index is 13.7. The first-order valence-corrected chi connectivity index (χ1v) is 13.4. The highest BCUT2D eigenvalue weighted by molar-refractivity contribution is 5.99. The molecule has 0 radical (unpaired) electrons. The van der Waals surface area contributed by atoms with Crippen LogP contribution in [0.5, 0.6) is 0 Å². The molecule has 2 heterocycles. The summed E-state index contributed by atoms with van der Waals surface area (Å²) in [5.41, 5.74) is 9.14. The molecule has 0 bridgehead atoms. The van der Waals surface area contributed by atoms with Gasteiger partial charge in [-0.1, -0.05) is 24.3 Å². The molecule has 2 aliphatic rings. The Balaban J connectivity index is 1.68. The minimum Gasteiger partial charge on any atom is -0.379 e. The van der Waals surface area contributed by atoms with Crippen molar-refractivity contribution in [3.8, 4) is 11.1 Å². The zero-order valence-corrected chi connectivity index (χ0v) is 23.6. The van der Waals surface area contributed by atoms with Gasteiger partial charge in [0.05, 0.1) is 11.7 Å². The van der Waals surface area contributed by atoms with Crippen LogP contribution in [0.4, 0.5) is 5.69 Å². The Kier molecular flexibility index (Phi) is 8.52. The standard InChI is InChI=1S/C32H41N5O/c1-8-30-29(21(2)15-22(3)35-30)19-34-32(38)28-16-25(24-13-14-26(33-18-24)20-36(5)6)17-31(23(28)4)37(7)27-11-9-10-12-27/h8-9,11,13-18,27,30,35H,1,10,12,19-20H2,2-7H3,(H,34,38). The molecule has 6 nitrogen and oxygen atoms in total. The SMILES string of the molecule is C=CC1NC(C)=CC(C)=C1CNC(=O)c1cc(-c2ccc(CN(C)C)nc2)cc(N(C)C2C=CCC2)c1C. The van der Waals surface area contributed by atoms with E-state index in [0.29, 0.717) is 18.2 Å². The molecule has 1 aromatic heterocycles. The molecule has 1 amide bonds. The van der Waals surface area contributed by atoms with E-state index in [4.69, 9.17) is 0 Å². The molecule has 6 heteroatoms. The first-order chi connectivity index (χ1) is 18.2. The van der Waals surface area contributed by atoms with Gasteiger partial charge >= 0.3 is 0 Å². The van der Waals surface area contributed by atoms with Gasteiger partial charge in [-0.15, -0.1) is 6.58 Å². The Morgan fingerprint density at radius 1 is 1.18 bits per heavy atom. The molecule has 4 rings (SSSR count). The van der Waals surface area contributed by atoms with Gasteiger partial charge < -0.3 is 20.4 Å². The number of anilines is 1. The summed E-state index contributed by atoms with van der Waals surface area (Å²) in [6, 6.07) is 8.70. The molecule has 2 atom stereocenters. The topological polar surface area (TPSA) is 60.5 Å². The molecule has 1 aliphatic heterocycles. The lowest BCUT2D eigenvalue weighted by molar-refractivity contribution is 0.0956. The Hall–Kier alpha value is -3.64. The summed E-state index contributed by atoms with van der Waals surface area (Å²) < 4.78 is 0. The van der Waals surface area contributed by atoms with Crippen LogP contribution < -0.4 is 15.5 Å². The van der Waals surface area contributed by atoms with Crippen LogP contribution >= 0.6 is 0 Å². The molecule has 0 fully saturated rings. The van der Waals surface area contributed by atoms with Gasteiger partial charge in [0.15, 0.2) is 0 Å². The van der Waals surface area contributed by atoms with Crippen molar-refractivity contribution < 1.29 is 4.79 Å². The molecule has 1 aromatic carbocycles. The van der Waals surface area contributed by atoms with E-state index in [1.807, 2.05) is 46.3 Å². The average molecular weight is 512 g/mol. The molecular weight excluding hydrogens is 470 g/mol. The van der Waals surface area contributed by atoms with Gasteiger partial charge in [0, 0.05) is 54.9 Å². The lowest BCUT2D eigenvalue weighted by Crippen LogP contribution is -2.37. The molecule has 2 N–H and O–H groups in total. The summed E-state index contributed by atoms with van der Waals surface area (Å²) in [5.74, 6) is -0.0764. The van der Waals surface area contributed by atoms with E-state index in [-0.39, 0.29) is 11.9 Å². The van der Waals surface area contributed by atoms with Gasteiger partial charge in [0.2, 0.25) is 0 Å². The molecule has 38 heavy (non-hydrogen) atoms. The summed E-state index contributed by atoms with van der Waals surface area (Å²) in [5, 5.41) is 6.63. The smallest absolute Gasteiger partial charge is 0.251 e. The fourth-order valence-electron chi connectivity index (χ4n) is 5.36. The van der Waals surface area contributed by atoms with E-state index in [1.54, 1.807) is 0 Å². The predicted molar refractivity (Wildman–Crippen MR) is 158 cm³/mol. The Morgan fingerprint density at radius 2 is 1.97 bits per heavy atom. The van der Waals surface area contributed by atoms with Gasteiger partial charge in [-0.3, -0.25) is 9.78 Å². The largest absolute Gasteiger partial charge is 0.379 e. The number of dihydropyridines is 1. The minimum atomic E-state index is -0.0764. The maximum atomic E-state index is 13.7. The van der Waals surface area contributed by atoms with Crippen LogP contribution in [0.25, 0.3) is 11.1 Å². The molecule has 0 spiro atoms. The number of rotatable bonds is 9. The third-order valence-corrected chi connectivity index (χ3v) is 7.50. The normalized spacial score (nSPS) is 18.9. The van der Waals surface area contributed by atoms with Crippen molar-refractivity contribution in [3.63, 3.8) is 0 Å². The molecule has 2 unspecified atom stereocenters. The Morgan fingerprint density at radius 3 is 2.61 bits per heavy atom. The number of nitrogens with one attached hydrogen (secondary N) is 2. The number of carbonyl (C=O) groups excluding carboxylic acids is 1. The highest BCUT2D eigenvalue weighted by Crippen LogP contribution is 2.33. The van der Waals surface area contributed by atoms with Crippen LogP contribution in [-0.2, 0) is 6.54 Å². The number of benzene rings is 1. The van der Waals surface area contributed by atoms with Crippen LogP contribution in [0.1, 0.15) is 48.3 Å². The van der Waals surface area contributed by atoms with Crippen LogP contribution in [0.3, 0.4) is 0 Å². The zero-order chi connectivity index (χ0) is 27.4. The van der Waals surface area contributed by atoms with Gasteiger partial charge in [-0.25, -0.2) is 0 Å². The third kappa shape index (κ3) is 6.08. The number of allylic oxidation sites excluding steroid dienone is 4. The van der Waals surface area contributed by atoms with Crippen LogP contribution in [0, 0.1) is 6.92 Å². The molecule has 1 aliphatic carbocycles. The zero-order valence-electron chi connectivity index (χ0n) is 23.6. The number of amides is 1. The lowest BCUT2D eigenvalue weighted by Gasteiger charge is -2.29. The summed E-state index contributed by atoms with van der Waals surface area (Å²) in [4.78, 5) is 22.8. The van der Waals surface area contributed by atoms with Gasteiger partial charge in [-0.05, 0) is 94.3 Å². The summed E-state index contributed by atoms with van der Waals surface area (Å²) in [6.07, 6.45) is 12.6. The monoisotopic (exact) mass is 511 g/mol. The van der Waals surface area contributed by atoms with Crippen molar-refractivity contribution in [2.75, 3.05) is 32.6 Å². The third-order valence-electron chi connectivity index (χ3n) is 7.50. The maximum Gasteiger partial charge on any atom is 0.251 e. The van der Waals surface area contributed by atoms with Gasteiger partial charge in [0.1, 0.15) is 0 Å². The number of nitrogens with zero attached hydrogens (tertiary/aromatic N) is 3. The summed E-state index contributed by atoms with van der Waals surface area (Å²) in [7, 11) is 6.20. The number of carbonyl (C=O) groups is 1. The average Bonchev–Trinajstić information content (AvgIpc) is 3.42. The molecule has 2 aromatic rings. The van der Waals surface area contributed by atoms with Crippen molar-refractivity contribution in [2.45, 2.75) is 52.2 Å². The Labute approximate surface area is 227 Å². The number of likely N-dealkylation sites (N-methyl/N-ethyl adjacent to an activating group) is 1. The van der Waals surface area contributed by atoms with Crippen molar-refractivity contribution in [3.05, 3.63) is 95.0 Å². The lowest BCUT2D eigenvalue weighted by atomic mass is 9.95. The fraction of sp³-hybridized carbons (Fsp3) is 0.375. The van der Waals surface area contributed by atoms with E-state index in [0.717, 1.165) is 64.3 Å². The number of hydrogen-bond donors (Lipinski definition) is 2.